The van der Waals surface area contributed by atoms with E-state index in [-0.39, 0.29) is 30.6 Å². The standard InChI is InChI=1S/C21H20ClFIN5O5/c22-14-4-3-12(23)8-11(14)9-29-16(18(30)26-15-5-7-34-19(15)31)17(24)27-20(29)28-6-1-2-13(10-28)25-21(32)33/h3-5,8,13,25H,1-2,6-7,9-10H2,(H,26,30)(H,32,33)/t13-/m1/s1. The number of piperidine rings is 1. The van der Waals surface area contributed by atoms with Crippen molar-refractivity contribution < 1.29 is 28.6 Å². The maximum absolute atomic E-state index is 14.0. The van der Waals surface area contributed by atoms with Crippen LogP contribution < -0.4 is 15.5 Å². The van der Waals surface area contributed by atoms with Gasteiger partial charge in [0.05, 0.1) is 6.54 Å². The molecule has 2 amide bonds. The number of nitrogens with one attached hydrogen (secondary N) is 2. The fourth-order valence-corrected chi connectivity index (χ4v) is 4.88. The molecule has 3 N–H and O–H groups in total. The van der Waals surface area contributed by atoms with Gasteiger partial charge in [-0.05, 0) is 65.3 Å². The molecular formula is C21H20ClFIN5O5. The second-order valence-electron chi connectivity index (χ2n) is 7.78. The second-order valence-corrected chi connectivity index (χ2v) is 9.21. The first-order valence-electron chi connectivity index (χ1n) is 10.4. The average molecular weight is 604 g/mol. The summed E-state index contributed by atoms with van der Waals surface area (Å²) < 4.78 is 20.8. The van der Waals surface area contributed by atoms with Crippen molar-refractivity contribution in [1.29, 1.82) is 0 Å². The minimum atomic E-state index is -1.12. The quantitative estimate of drug-likeness (QED) is 0.343. The van der Waals surface area contributed by atoms with Gasteiger partial charge >= 0.3 is 12.1 Å². The monoisotopic (exact) mass is 603 g/mol. The van der Waals surface area contributed by atoms with Crippen LogP contribution in [0.3, 0.4) is 0 Å². The summed E-state index contributed by atoms with van der Waals surface area (Å²) in [5, 5.41) is 14.5. The van der Waals surface area contributed by atoms with Crippen LogP contribution in [0.15, 0.2) is 30.0 Å². The minimum absolute atomic E-state index is 0.0295. The van der Waals surface area contributed by atoms with Crippen molar-refractivity contribution >= 4 is 58.1 Å². The van der Waals surface area contributed by atoms with Crippen LogP contribution in [0.5, 0.6) is 0 Å². The fourth-order valence-electron chi connectivity index (χ4n) is 3.95. The molecule has 1 aromatic heterocycles. The number of hydrogen-bond donors (Lipinski definition) is 3. The van der Waals surface area contributed by atoms with Gasteiger partial charge in [-0.3, -0.25) is 4.79 Å². The lowest BCUT2D eigenvalue weighted by atomic mass is 10.1. The summed E-state index contributed by atoms with van der Waals surface area (Å²) in [5.41, 5.74) is 0.620. The third-order valence-electron chi connectivity index (χ3n) is 5.46. The summed E-state index contributed by atoms with van der Waals surface area (Å²) in [6.07, 6.45) is 1.72. The van der Waals surface area contributed by atoms with Crippen LogP contribution in [0.25, 0.3) is 0 Å². The van der Waals surface area contributed by atoms with Gasteiger partial charge in [0.2, 0.25) is 5.95 Å². The number of benzene rings is 1. The summed E-state index contributed by atoms with van der Waals surface area (Å²) in [5.74, 6) is -1.29. The van der Waals surface area contributed by atoms with Crippen LogP contribution in [0, 0.1) is 9.52 Å². The van der Waals surface area contributed by atoms with E-state index in [2.05, 4.69) is 15.6 Å². The first-order chi connectivity index (χ1) is 16.2. The van der Waals surface area contributed by atoms with Gasteiger partial charge < -0.3 is 29.9 Å². The number of carboxylic acid groups (broad SMARTS) is 1. The molecule has 10 nitrogen and oxygen atoms in total. The second kappa shape index (κ2) is 10.2. The van der Waals surface area contributed by atoms with E-state index < -0.39 is 23.8 Å². The Morgan fingerprint density at radius 2 is 2.18 bits per heavy atom. The van der Waals surface area contributed by atoms with E-state index in [0.29, 0.717) is 46.2 Å². The van der Waals surface area contributed by atoms with Gasteiger partial charge in [0, 0.05) is 24.2 Å². The van der Waals surface area contributed by atoms with Crippen molar-refractivity contribution in [3.05, 3.63) is 55.8 Å². The highest BCUT2D eigenvalue weighted by molar-refractivity contribution is 14.1. The SMILES string of the molecule is O=C(O)N[C@@H]1CCCN(c2nc(I)c(C(=O)NC3=CCOC3=O)n2Cc2cc(F)ccc2Cl)C1. The van der Waals surface area contributed by atoms with Crippen molar-refractivity contribution in [3.8, 4) is 0 Å². The van der Waals surface area contributed by atoms with E-state index in [0.717, 1.165) is 0 Å². The average Bonchev–Trinajstić information content (AvgIpc) is 3.32. The summed E-state index contributed by atoms with van der Waals surface area (Å²) >= 11 is 8.22. The van der Waals surface area contributed by atoms with Gasteiger partial charge in [-0.25, -0.2) is 19.0 Å². The van der Waals surface area contributed by atoms with E-state index in [1.54, 1.807) is 4.57 Å². The van der Waals surface area contributed by atoms with Crippen molar-refractivity contribution in [2.45, 2.75) is 25.4 Å². The van der Waals surface area contributed by atoms with Crippen LogP contribution in [-0.2, 0) is 16.1 Å². The van der Waals surface area contributed by atoms with Gasteiger partial charge in [0.1, 0.15) is 27.5 Å². The van der Waals surface area contributed by atoms with Crippen molar-refractivity contribution in [3.63, 3.8) is 0 Å². The molecule has 13 heteroatoms. The van der Waals surface area contributed by atoms with Crippen LogP contribution in [0.1, 0.15) is 28.9 Å². The van der Waals surface area contributed by atoms with E-state index in [1.165, 1.54) is 24.3 Å². The number of anilines is 1. The Bertz CT molecular complexity index is 1190. The number of rotatable bonds is 6. The van der Waals surface area contributed by atoms with E-state index >= 15 is 0 Å². The van der Waals surface area contributed by atoms with Crippen molar-refractivity contribution in [2.75, 3.05) is 24.6 Å². The molecule has 34 heavy (non-hydrogen) atoms. The molecule has 4 rings (SSSR count). The molecule has 1 atom stereocenters. The molecular weight excluding hydrogens is 584 g/mol. The van der Waals surface area contributed by atoms with Gasteiger partial charge in [-0.2, -0.15) is 0 Å². The Labute approximate surface area is 212 Å². The molecule has 0 unspecified atom stereocenters. The number of halogens is 3. The maximum atomic E-state index is 14.0. The number of carbonyl (C=O) groups excluding carboxylic acids is 2. The zero-order valence-corrected chi connectivity index (χ0v) is 20.6. The minimum Gasteiger partial charge on any atom is -0.465 e. The third kappa shape index (κ3) is 5.27. The predicted octanol–water partition coefficient (Wildman–Crippen LogP) is 2.74. The van der Waals surface area contributed by atoms with Crippen LogP contribution in [0.2, 0.25) is 5.02 Å². The zero-order chi connectivity index (χ0) is 24.4. The summed E-state index contributed by atoms with van der Waals surface area (Å²) in [6, 6.07) is 3.63. The van der Waals surface area contributed by atoms with Gasteiger partial charge in [0.25, 0.3) is 5.91 Å². The smallest absolute Gasteiger partial charge is 0.404 e. The van der Waals surface area contributed by atoms with Crippen molar-refractivity contribution in [1.82, 2.24) is 20.2 Å². The molecule has 2 aliphatic rings. The first-order valence-corrected chi connectivity index (χ1v) is 11.8. The number of carbonyl (C=O) groups is 3. The summed E-state index contributed by atoms with van der Waals surface area (Å²) in [7, 11) is 0. The van der Waals surface area contributed by atoms with Crippen molar-refractivity contribution in [2.24, 2.45) is 0 Å². The van der Waals surface area contributed by atoms with Gasteiger partial charge in [-0.1, -0.05) is 11.6 Å². The third-order valence-corrected chi connectivity index (χ3v) is 6.58. The van der Waals surface area contributed by atoms with Crippen LogP contribution in [0.4, 0.5) is 15.1 Å². The lowest BCUT2D eigenvalue weighted by Gasteiger charge is -2.33. The highest BCUT2D eigenvalue weighted by Crippen LogP contribution is 2.28. The molecule has 180 valence electrons. The number of esters is 1. The molecule has 0 radical (unpaired) electrons. The number of nitrogens with zero attached hydrogens (tertiary/aromatic N) is 3. The molecule has 2 aromatic rings. The molecule has 2 aliphatic heterocycles. The largest absolute Gasteiger partial charge is 0.465 e. The van der Waals surface area contributed by atoms with E-state index in [1.807, 2.05) is 27.5 Å². The normalized spacial score (nSPS) is 17.9. The van der Waals surface area contributed by atoms with Gasteiger partial charge in [0.15, 0.2) is 0 Å². The summed E-state index contributed by atoms with van der Waals surface area (Å²) in [6.45, 7) is 1.03. The highest BCUT2D eigenvalue weighted by Gasteiger charge is 2.30. The number of imidazole rings is 1. The molecule has 1 aromatic carbocycles. The Balaban J connectivity index is 1.72. The van der Waals surface area contributed by atoms with E-state index in [4.69, 9.17) is 21.4 Å². The van der Waals surface area contributed by atoms with Gasteiger partial charge in [-0.15, -0.1) is 0 Å². The number of hydrogen-bond acceptors (Lipinski definition) is 6. The maximum Gasteiger partial charge on any atom is 0.404 e. The number of amides is 2. The molecule has 0 bridgehead atoms. The van der Waals surface area contributed by atoms with E-state index in [9.17, 15) is 18.8 Å². The lowest BCUT2D eigenvalue weighted by molar-refractivity contribution is -0.136. The Hall–Kier alpha value is -2.87. The fraction of sp³-hybridized carbons (Fsp3) is 0.333. The molecule has 3 heterocycles. The molecule has 1 fully saturated rings. The Morgan fingerprint density at radius 3 is 2.88 bits per heavy atom. The number of ether oxygens (including phenoxy) is 1. The Kier molecular flexibility index (Phi) is 7.26. The molecule has 0 aliphatic carbocycles. The highest BCUT2D eigenvalue weighted by atomic mass is 127. The Morgan fingerprint density at radius 1 is 1.38 bits per heavy atom. The zero-order valence-electron chi connectivity index (χ0n) is 17.7. The van der Waals surface area contributed by atoms with Crippen LogP contribution >= 0.6 is 34.2 Å². The number of aromatic nitrogens is 2. The molecule has 1 saturated heterocycles. The molecule has 0 spiro atoms. The van der Waals surface area contributed by atoms with Crippen LogP contribution in [-0.4, -0.2) is 58.4 Å². The predicted molar refractivity (Wildman–Crippen MR) is 128 cm³/mol. The topological polar surface area (TPSA) is 126 Å². The summed E-state index contributed by atoms with van der Waals surface area (Å²) in [4.78, 5) is 42.6. The first kappa shape index (κ1) is 24.3. The molecule has 0 saturated carbocycles. The number of cyclic esters (lactones) is 1. The lowest BCUT2D eigenvalue weighted by Crippen LogP contribution is -2.48.